The van der Waals surface area contributed by atoms with E-state index in [0.717, 1.165) is 132 Å². The van der Waals surface area contributed by atoms with Gasteiger partial charge in [0, 0.05) is 51.5 Å². The summed E-state index contributed by atoms with van der Waals surface area (Å²) in [6.45, 7) is 18.1. The molecule has 10 heterocycles. The number of hydrogen-bond donors (Lipinski definition) is 15. The number of primary amides is 6. The van der Waals surface area contributed by atoms with Gasteiger partial charge in [-0.25, -0.2) is 29.9 Å². The molecule has 6 aromatic heterocycles. The van der Waals surface area contributed by atoms with E-state index < -0.39 is 35.4 Å². The van der Waals surface area contributed by atoms with Crippen LogP contribution in [-0.2, 0) is 52.2 Å². The normalized spacial score (nSPS) is 14.6. The summed E-state index contributed by atoms with van der Waals surface area (Å²) in [7, 11) is 10.1. The molecule has 4 aliphatic rings. The van der Waals surface area contributed by atoms with Crippen molar-refractivity contribution in [2.45, 2.75) is 97.3 Å². The molecule has 4 aliphatic heterocycles. The fourth-order valence-electron chi connectivity index (χ4n) is 16.5. The van der Waals surface area contributed by atoms with Crippen LogP contribution in [0.3, 0.4) is 0 Å². The van der Waals surface area contributed by atoms with Crippen molar-refractivity contribution >= 4 is 107 Å². The zero-order valence-electron chi connectivity index (χ0n) is 74.7. The maximum atomic E-state index is 11.5. The number of aryl methyl sites for hydroxylation is 1. The van der Waals surface area contributed by atoms with Gasteiger partial charge >= 0.3 is 0 Å². The number of likely N-dealkylation sites (N-methyl/N-ethyl adjacent to an activating group) is 3. The number of anilines is 1. The number of benzene rings is 9. The lowest BCUT2D eigenvalue weighted by Gasteiger charge is -2.45. The Morgan fingerprint density at radius 2 is 0.769 bits per heavy atom. The summed E-state index contributed by atoms with van der Waals surface area (Å²) >= 11 is 0. The topological polar surface area (TPSA) is 486 Å². The standard InChI is InChI=1S/2C18H20N4O.C16H21N5O.C16H23N5O.C16H16N4O.C13H19N5O/c1-12-6-3-4-7-13(12)10-22(2)11-16-20-15-9-5-8-14(18(19)23)17(15)21-16;1-22(11-10-13-6-3-2-4-7-13)12-16-20-15-9-5-8-14(18(19)23)17(15)21-16;17-16(22)11-2-1-3-12-15(11)20-14(19-12)8-18-13-9-21-6-4-10(13)5-7-21;17-16(22)12-5-3-6-13-15(12)20-14(19-13)11-18-7-4-10-21-8-1-2-9-21;1-20(11-6-3-2-4-7-11)10-14-18-13-9-5-8-12(16(17)21)15(13)19-14;1-15-6-7-18(2)8-11-16-10-5-3-4-9(13(14)19)12(10)17-11/h3-9H,10-11H2,1-2H3,(H2,19,23)(H,20,21);2-9H,10-12H2,1H3,(H2,19,23)(H,20,21);1-3,10,13,18H,4-9H2,(H2,17,22)(H,19,20);3,5-6,18H,1-2,4,7-11H2,(H2,17,22)(H,19,20);2-9H,10H2,1H3,(H2,17,21)(H,18,19);3-5,15H,6-8H2,1-2H3,(H2,14,19)(H,16,17). The Morgan fingerprint density at radius 1 is 0.400 bits per heavy atom. The molecule has 678 valence electrons. The molecule has 0 spiro atoms. The number of carbonyl (C=O) groups excluding carboxylic acids is 6. The van der Waals surface area contributed by atoms with Crippen LogP contribution in [0, 0.1) is 12.8 Å². The van der Waals surface area contributed by atoms with Crippen LogP contribution in [0.15, 0.2) is 194 Å². The van der Waals surface area contributed by atoms with E-state index >= 15 is 0 Å². The predicted octanol–water partition coefficient (Wildman–Crippen LogP) is 9.63. The number of hydrogen-bond acceptors (Lipinski definition) is 21. The number of nitrogens with zero attached hydrogens (tertiary/aromatic N) is 12. The maximum absolute atomic E-state index is 11.5. The molecule has 15 aromatic rings. The highest BCUT2D eigenvalue weighted by atomic mass is 16.2. The van der Waals surface area contributed by atoms with E-state index in [1.54, 1.807) is 54.6 Å². The molecule has 21 N–H and O–H groups in total. The smallest absolute Gasteiger partial charge is 0.250 e. The summed E-state index contributed by atoms with van der Waals surface area (Å²) in [5.74, 6) is 3.08. The lowest BCUT2D eigenvalue weighted by atomic mass is 9.84. The minimum atomic E-state index is -0.463. The van der Waals surface area contributed by atoms with Crippen LogP contribution in [0.4, 0.5) is 5.69 Å². The zero-order chi connectivity index (χ0) is 91.7. The molecular weight excluding hydrogens is 1640 g/mol. The lowest BCUT2D eigenvalue weighted by molar-refractivity contribution is 0.0717. The number of amides is 6. The molecule has 4 saturated heterocycles. The van der Waals surface area contributed by atoms with Gasteiger partial charge in [-0.1, -0.05) is 109 Å². The summed E-state index contributed by atoms with van der Waals surface area (Å²) in [5.41, 5.74) is 49.0. The number of nitrogens with two attached hydrogens (primary N) is 6. The van der Waals surface area contributed by atoms with Crippen LogP contribution in [-0.4, -0.2) is 226 Å². The molecule has 1 unspecified atom stereocenters. The highest BCUT2D eigenvalue weighted by Gasteiger charge is 2.34. The second-order valence-electron chi connectivity index (χ2n) is 33.3. The molecule has 130 heavy (non-hydrogen) atoms. The van der Waals surface area contributed by atoms with Gasteiger partial charge in [0.15, 0.2) is 0 Å². The number of aromatic amines is 6. The molecule has 0 saturated carbocycles. The van der Waals surface area contributed by atoms with Crippen molar-refractivity contribution in [1.82, 2.24) is 100 Å². The minimum Gasteiger partial charge on any atom is -0.367 e. The first-order chi connectivity index (χ1) is 62.9. The first-order valence-corrected chi connectivity index (χ1v) is 44.0. The van der Waals surface area contributed by atoms with Crippen molar-refractivity contribution in [1.29, 1.82) is 0 Å². The Kier molecular flexibility index (Phi) is 32.6. The SMILES string of the molecule is CN(CCc1ccccc1)Cc1nc2c(C(N)=O)cccc2[nH]1.CN(Cc1nc2c(C(N)=O)cccc2[nH]1)c1ccccc1.CNCCN(C)Cc1nc2c(C(N)=O)cccc2[nH]1.Cc1ccccc1CN(C)Cc1nc2c(C(N)=O)cccc2[nH]1.NC(=O)c1cccc2[nH]c(CNC3CN4CCC3CC4)nc12.NC(=O)c1cccc2[nH]c(CNCCCN3CCCC3)nc12. The van der Waals surface area contributed by atoms with Crippen molar-refractivity contribution < 1.29 is 28.8 Å². The van der Waals surface area contributed by atoms with Gasteiger partial charge < -0.3 is 95.0 Å². The van der Waals surface area contributed by atoms with E-state index in [9.17, 15) is 28.8 Å². The van der Waals surface area contributed by atoms with E-state index in [-0.39, 0.29) is 0 Å². The second-order valence-corrected chi connectivity index (χ2v) is 33.3. The summed E-state index contributed by atoms with van der Waals surface area (Å²) in [6, 6.07) is 61.8. The molecule has 4 fully saturated rings. The van der Waals surface area contributed by atoms with Crippen molar-refractivity contribution in [2.24, 2.45) is 40.3 Å². The fraction of sp³-hybridized carbons (Fsp3) is 0.320. The van der Waals surface area contributed by atoms with Gasteiger partial charge in [0.2, 0.25) is 0 Å². The van der Waals surface area contributed by atoms with Gasteiger partial charge in [-0.05, 0) is 220 Å². The van der Waals surface area contributed by atoms with E-state index in [2.05, 4.69) is 169 Å². The van der Waals surface area contributed by atoms with Gasteiger partial charge in [-0.3, -0.25) is 43.5 Å². The third-order valence-electron chi connectivity index (χ3n) is 23.4. The third kappa shape index (κ3) is 25.3. The van der Waals surface area contributed by atoms with E-state index in [0.29, 0.717) is 112 Å². The highest BCUT2D eigenvalue weighted by Crippen LogP contribution is 2.29. The molecule has 6 amide bonds. The molecular formula is C97H119N27O6. The van der Waals surface area contributed by atoms with Gasteiger partial charge in [0.05, 0.1) is 106 Å². The van der Waals surface area contributed by atoms with Crippen molar-refractivity contribution in [3.63, 3.8) is 0 Å². The van der Waals surface area contributed by atoms with E-state index in [1.807, 2.05) is 118 Å². The fourth-order valence-corrected chi connectivity index (χ4v) is 16.5. The molecule has 1 atom stereocenters. The largest absolute Gasteiger partial charge is 0.367 e. The van der Waals surface area contributed by atoms with E-state index in [4.69, 9.17) is 34.4 Å². The first-order valence-electron chi connectivity index (χ1n) is 44.0. The molecule has 33 heteroatoms. The van der Waals surface area contributed by atoms with Gasteiger partial charge in [0.1, 0.15) is 68.0 Å². The number of likely N-dealkylation sites (tertiary alicyclic amines) is 1. The molecule has 33 nitrogen and oxygen atoms in total. The number of carbonyl (C=O) groups is 6. The molecule has 0 aliphatic carbocycles. The summed E-state index contributed by atoms with van der Waals surface area (Å²) in [6.07, 6.45) is 7.41. The van der Waals surface area contributed by atoms with Crippen LogP contribution in [0.25, 0.3) is 66.2 Å². The number of fused-ring (bicyclic) bond motifs is 9. The molecule has 9 aromatic carbocycles. The van der Waals surface area contributed by atoms with Crippen LogP contribution in [0.1, 0.15) is 146 Å². The number of H-pyrrole nitrogens is 6. The number of para-hydroxylation sites is 7. The Balaban J connectivity index is 0.000000133. The quantitative estimate of drug-likeness (QED) is 0.0174. The molecule has 0 radical (unpaired) electrons. The second kappa shape index (κ2) is 45.2. The number of piperidine rings is 3. The summed E-state index contributed by atoms with van der Waals surface area (Å²) in [4.78, 5) is 129. The van der Waals surface area contributed by atoms with Gasteiger partial charge in [0.25, 0.3) is 35.4 Å². The van der Waals surface area contributed by atoms with Gasteiger partial charge in [-0.2, -0.15) is 0 Å². The third-order valence-corrected chi connectivity index (χ3v) is 23.4. The van der Waals surface area contributed by atoms with Gasteiger partial charge in [-0.15, -0.1) is 0 Å². The van der Waals surface area contributed by atoms with Crippen LogP contribution in [0.5, 0.6) is 0 Å². The maximum Gasteiger partial charge on any atom is 0.250 e. The van der Waals surface area contributed by atoms with Crippen LogP contribution >= 0.6 is 0 Å². The number of nitrogens with one attached hydrogen (secondary N) is 9. The monoisotopic (exact) mass is 1760 g/mol. The zero-order valence-corrected chi connectivity index (χ0v) is 74.7. The molecule has 2 bridgehead atoms. The van der Waals surface area contributed by atoms with Crippen LogP contribution < -0.4 is 55.3 Å². The Labute approximate surface area is 754 Å². The van der Waals surface area contributed by atoms with Crippen molar-refractivity contribution in [3.8, 4) is 0 Å². The number of imidazole rings is 6. The summed E-state index contributed by atoms with van der Waals surface area (Å²) in [5, 5.41) is 10.1. The Morgan fingerprint density at radius 3 is 1.17 bits per heavy atom. The predicted molar refractivity (Wildman–Crippen MR) is 511 cm³/mol. The average Bonchev–Trinajstić information content (AvgIpc) is 1.66. The lowest BCUT2D eigenvalue weighted by Crippen LogP contribution is -2.55. The average molecular weight is 1760 g/mol. The van der Waals surface area contributed by atoms with E-state index in [1.165, 1.54) is 75.1 Å². The number of rotatable bonds is 32. The number of aromatic nitrogens is 12. The Bertz CT molecular complexity index is 6320. The van der Waals surface area contributed by atoms with Crippen LogP contribution in [0.2, 0.25) is 0 Å². The first kappa shape index (κ1) is 93.7. The van der Waals surface area contributed by atoms with Crippen molar-refractivity contribution in [3.05, 3.63) is 279 Å². The Hall–Kier alpha value is -13.9. The van der Waals surface area contributed by atoms with Crippen molar-refractivity contribution in [2.75, 3.05) is 106 Å². The molecule has 19 rings (SSSR count). The summed E-state index contributed by atoms with van der Waals surface area (Å²) < 4.78 is 0. The minimum absolute atomic E-state index is 0.436. The highest BCUT2D eigenvalue weighted by molar-refractivity contribution is 6.07.